The average molecular weight is 343 g/mol. The van der Waals surface area contributed by atoms with Crippen molar-refractivity contribution in [1.82, 2.24) is 10.2 Å². The van der Waals surface area contributed by atoms with Crippen molar-refractivity contribution in [3.63, 3.8) is 0 Å². The average Bonchev–Trinajstić information content (AvgIpc) is 3.04. The first-order chi connectivity index (χ1) is 10.3. The van der Waals surface area contributed by atoms with Gasteiger partial charge in [-0.25, -0.2) is 4.39 Å². The van der Waals surface area contributed by atoms with Crippen LogP contribution in [0.5, 0.6) is 5.75 Å². The number of rotatable bonds is 4. The van der Waals surface area contributed by atoms with E-state index >= 15 is 0 Å². The molecule has 1 aromatic carbocycles. The summed E-state index contributed by atoms with van der Waals surface area (Å²) < 4.78 is 19.6. The highest BCUT2D eigenvalue weighted by Crippen LogP contribution is 2.34. The number of ether oxygens (including phenoxy) is 1. The summed E-state index contributed by atoms with van der Waals surface area (Å²) in [5, 5.41) is 5.39. The lowest BCUT2D eigenvalue weighted by Gasteiger charge is -2.35. The third kappa shape index (κ3) is 3.60. The molecule has 1 saturated heterocycles. The molecule has 6 heteroatoms. The number of hydrogen-bond acceptors (Lipinski definition) is 4. The van der Waals surface area contributed by atoms with Gasteiger partial charge in [0.25, 0.3) is 0 Å². The number of hydrogen-bond donors (Lipinski definition) is 1. The summed E-state index contributed by atoms with van der Waals surface area (Å²) in [5.41, 5.74) is 0.722. The fraction of sp³-hybridized carbons (Fsp3) is 0.375. The van der Waals surface area contributed by atoms with Gasteiger partial charge in [-0.15, -0.1) is 23.7 Å². The molecule has 22 heavy (non-hydrogen) atoms. The molecule has 1 fully saturated rings. The Morgan fingerprint density at radius 1 is 1.27 bits per heavy atom. The number of thiophene rings is 1. The maximum absolute atomic E-state index is 14.5. The van der Waals surface area contributed by atoms with E-state index in [-0.39, 0.29) is 24.3 Å². The molecule has 1 aromatic heterocycles. The number of halogens is 2. The van der Waals surface area contributed by atoms with Crippen LogP contribution in [0, 0.1) is 5.82 Å². The van der Waals surface area contributed by atoms with Gasteiger partial charge in [0.1, 0.15) is 11.6 Å². The highest BCUT2D eigenvalue weighted by Gasteiger charge is 2.27. The van der Waals surface area contributed by atoms with Crippen LogP contribution in [-0.4, -0.2) is 38.2 Å². The molecule has 1 N–H and O–H groups in total. The van der Waals surface area contributed by atoms with E-state index in [1.54, 1.807) is 18.4 Å². The van der Waals surface area contributed by atoms with Crippen LogP contribution in [0.1, 0.15) is 16.5 Å². The van der Waals surface area contributed by atoms with Crippen LogP contribution in [0.15, 0.2) is 35.7 Å². The molecule has 0 aliphatic carbocycles. The van der Waals surface area contributed by atoms with Crippen molar-refractivity contribution in [2.45, 2.75) is 6.04 Å². The fourth-order valence-electron chi connectivity index (χ4n) is 2.77. The van der Waals surface area contributed by atoms with Crippen molar-refractivity contribution in [3.05, 3.63) is 52.0 Å². The zero-order valence-electron chi connectivity index (χ0n) is 12.4. The van der Waals surface area contributed by atoms with Gasteiger partial charge in [0, 0.05) is 42.7 Å². The molecule has 2 heterocycles. The molecule has 0 unspecified atom stereocenters. The van der Waals surface area contributed by atoms with Crippen molar-refractivity contribution < 1.29 is 9.13 Å². The summed E-state index contributed by atoms with van der Waals surface area (Å²) in [4.78, 5) is 3.52. The van der Waals surface area contributed by atoms with Crippen LogP contribution in [0.2, 0.25) is 0 Å². The van der Waals surface area contributed by atoms with E-state index in [0.717, 1.165) is 31.7 Å². The Labute approximate surface area is 140 Å². The lowest BCUT2D eigenvalue weighted by molar-refractivity contribution is 0.197. The summed E-state index contributed by atoms with van der Waals surface area (Å²) >= 11 is 1.68. The lowest BCUT2D eigenvalue weighted by atomic mass is 10.0. The second-order valence-electron chi connectivity index (χ2n) is 5.09. The fourth-order valence-corrected chi connectivity index (χ4v) is 3.65. The second kappa shape index (κ2) is 7.92. The van der Waals surface area contributed by atoms with Crippen LogP contribution in [0.3, 0.4) is 0 Å². The Balaban J connectivity index is 0.00000176. The maximum atomic E-state index is 14.5. The van der Waals surface area contributed by atoms with Crippen LogP contribution >= 0.6 is 23.7 Å². The van der Waals surface area contributed by atoms with Gasteiger partial charge in [-0.2, -0.15) is 0 Å². The summed E-state index contributed by atoms with van der Waals surface area (Å²) in [6, 6.07) is 9.25. The monoisotopic (exact) mass is 342 g/mol. The van der Waals surface area contributed by atoms with E-state index in [9.17, 15) is 4.39 Å². The third-order valence-corrected chi connectivity index (χ3v) is 4.76. The first-order valence-electron chi connectivity index (χ1n) is 7.11. The Hall–Kier alpha value is -1.14. The van der Waals surface area contributed by atoms with Gasteiger partial charge in [-0.05, 0) is 17.5 Å². The summed E-state index contributed by atoms with van der Waals surface area (Å²) in [6.07, 6.45) is 0. The molecule has 0 saturated carbocycles. The van der Waals surface area contributed by atoms with Crippen molar-refractivity contribution in [1.29, 1.82) is 0 Å². The largest absolute Gasteiger partial charge is 0.497 e. The first kappa shape index (κ1) is 17.2. The number of nitrogens with one attached hydrogen (secondary N) is 1. The second-order valence-corrected chi connectivity index (χ2v) is 6.07. The smallest absolute Gasteiger partial charge is 0.132 e. The Morgan fingerprint density at radius 2 is 2.05 bits per heavy atom. The van der Waals surface area contributed by atoms with Crippen molar-refractivity contribution in [3.8, 4) is 5.75 Å². The van der Waals surface area contributed by atoms with Crippen LogP contribution in [-0.2, 0) is 0 Å². The van der Waals surface area contributed by atoms with E-state index in [2.05, 4.69) is 16.3 Å². The van der Waals surface area contributed by atoms with Crippen LogP contribution in [0.25, 0.3) is 0 Å². The third-order valence-electron chi connectivity index (χ3n) is 3.83. The number of nitrogens with zero attached hydrogens (tertiary/aromatic N) is 1. The highest BCUT2D eigenvalue weighted by molar-refractivity contribution is 7.10. The van der Waals surface area contributed by atoms with Gasteiger partial charge in [0.05, 0.1) is 13.2 Å². The van der Waals surface area contributed by atoms with Crippen molar-refractivity contribution in [2.75, 3.05) is 33.3 Å². The molecule has 2 aromatic rings. The quantitative estimate of drug-likeness (QED) is 0.922. The number of methoxy groups -OCH3 is 1. The minimum Gasteiger partial charge on any atom is -0.497 e. The molecule has 1 atom stereocenters. The zero-order chi connectivity index (χ0) is 14.7. The Morgan fingerprint density at radius 3 is 2.64 bits per heavy atom. The topological polar surface area (TPSA) is 24.5 Å². The lowest BCUT2D eigenvalue weighted by Crippen LogP contribution is -2.45. The number of benzene rings is 1. The van der Waals surface area contributed by atoms with E-state index in [4.69, 9.17) is 4.74 Å². The standard InChI is InChI=1S/C16H19FN2OS.ClH/c1-20-12-4-5-13(14(17)11-12)16(15-3-2-10-21-15)19-8-6-18-7-9-19;/h2-5,10-11,16,18H,6-9H2,1H3;1H/t16-;/m1./s1. The Bertz CT molecular complexity index is 588. The van der Waals surface area contributed by atoms with Crippen molar-refractivity contribution >= 4 is 23.7 Å². The van der Waals surface area contributed by atoms with Gasteiger partial charge >= 0.3 is 0 Å². The Kier molecular flexibility index (Phi) is 6.20. The van der Waals surface area contributed by atoms with Gasteiger partial charge in [0.2, 0.25) is 0 Å². The molecule has 0 spiro atoms. The predicted octanol–water partition coefficient (Wildman–Crippen LogP) is 3.31. The van der Waals surface area contributed by atoms with E-state index in [1.165, 1.54) is 10.9 Å². The van der Waals surface area contributed by atoms with Gasteiger partial charge < -0.3 is 10.1 Å². The number of piperazine rings is 1. The van der Waals surface area contributed by atoms with Crippen LogP contribution < -0.4 is 10.1 Å². The molecule has 1 aliphatic heterocycles. The molecule has 3 nitrogen and oxygen atoms in total. The molecule has 120 valence electrons. The maximum Gasteiger partial charge on any atom is 0.132 e. The molecule has 1 aliphatic rings. The van der Waals surface area contributed by atoms with Gasteiger partial charge in [0.15, 0.2) is 0 Å². The predicted molar refractivity (Wildman–Crippen MR) is 90.8 cm³/mol. The van der Waals surface area contributed by atoms with E-state index < -0.39 is 0 Å². The summed E-state index contributed by atoms with van der Waals surface area (Å²) in [6.45, 7) is 3.74. The normalized spacial score (nSPS) is 16.8. The van der Waals surface area contributed by atoms with Crippen LogP contribution in [0.4, 0.5) is 4.39 Å². The first-order valence-corrected chi connectivity index (χ1v) is 7.99. The van der Waals surface area contributed by atoms with Gasteiger partial charge in [-0.3, -0.25) is 4.90 Å². The summed E-state index contributed by atoms with van der Waals surface area (Å²) in [5.74, 6) is 0.354. The zero-order valence-corrected chi connectivity index (χ0v) is 14.1. The van der Waals surface area contributed by atoms with Crippen molar-refractivity contribution in [2.24, 2.45) is 0 Å². The molecule has 0 amide bonds. The van der Waals surface area contributed by atoms with E-state index in [0.29, 0.717) is 5.75 Å². The molecule has 0 radical (unpaired) electrons. The molecular weight excluding hydrogens is 323 g/mol. The molecule has 3 rings (SSSR count). The van der Waals surface area contributed by atoms with Gasteiger partial charge in [-0.1, -0.05) is 12.1 Å². The summed E-state index contributed by atoms with van der Waals surface area (Å²) in [7, 11) is 1.56. The SMILES string of the molecule is COc1ccc([C@H](c2cccs2)N2CCNCC2)c(F)c1.Cl. The minimum absolute atomic E-state index is 0. The minimum atomic E-state index is -0.203. The highest BCUT2D eigenvalue weighted by atomic mass is 35.5. The molecular formula is C16H20ClFN2OS. The van der Waals surface area contributed by atoms with E-state index in [1.807, 2.05) is 23.6 Å². The molecule has 0 bridgehead atoms.